The second-order valence-corrected chi connectivity index (χ2v) is 8.60. The number of nitrogens with zero attached hydrogens (tertiary/aromatic N) is 1. The summed E-state index contributed by atoms with van der Waals surface area (Å²) in [6.07, 6.45) is 3.03. The molecule has 1 saturated heterocycles. The van der Waals surface area contributed by atoms with Gasteiger partial charge in [0.15, 0.2) is 0 Å². The number of carbonyl (C=O) groups excluding carboxylic acids is 1. The molecule has 5 heteroatoms. The summed E-state index contributed by atoms with van der Waals surface area (Å²) >= 11 is 9.26. The molecule has 0 unspecified atom stereocenters. The zero-order valence-electron chi connectivity index (χ0n) is 14.7. The Morgan fingerprint density at radius 2 is 2.08 bits per heavy atom. The summed E-state index contributed by atoms with van der Waals surface area (Å²) in [5, 5.41) is 3.18. The lowest BCUT2D eigenvalue weighted by Crippen LogP contribution is -2.51. The molecule has 4 rings (SSSR count). The first-order valence-electron chi connectivity index (χ1n) is 8.95. The van der Waals surface area contributed by atoms with E-state index in [2.05, 4.69) is 50.4 Å². The highest BCUT2D eigenvalue weighted by Gasteiger charge is 2.44. The monoisotopic (exact) mass is 428 g/mol. The van der Waals surface area contributed by atoms with Gasteiger partial charge in [-0.05, 0) is 55.5 Å². The van der Waals surface area contributed by atoms with Crippen LogP contribution in [-0.4, -0.2) is 27.9 Å². The molecule has 1 amide bonds. The maximum Gasteiger partial charge on any atom is 0.252 e. The molecule has 1 aliphatic heterocycles. The number of hydrogen-bond donors (Lipinski definition) is 1. The Kier molecular flexibility index (Phi) is 4.61. The zero-order valence-corrected chi connectivity index (χ0v) is 17.1. The van der Waals surface area contributed by atoms with Crippen LogP contribution >= 0.6 is 28.1 Å². The third-order valence-corrected chi connectivity index (χ3v) is 6.72. The molecule has 2 aromatic carbocycles. The van der Waals surface area contributed by atoms with E-state index in [9.17, 15) is 4.79 Å². The number of nitrogens with one attached hydrogen (secondary N) is 1. The van der Waals surface area contributed by atoms with E-state index >= 15 is 0 Å². The third kappa shape index (κ3) is 3.08. The van der Waals surface area contributed by atoms with E-state index < -0.39 is 5.54 Å². The lowest BCUT2D eigenvalue weighted by atomic mass is 10.0. The average Bonchev–Trinajstić information content (AvgIpc) is 3.17. The van der Waals surface area contributed by atoms with Gasteiger partial charge in [-0.15, -0.1) is 0 Å². The van der Waals surface area contributed by atoms with Gasteiger partial charge >= 0.3 is 0 Å². The first kappa shape index (κ1) is 17.7. The van der Waals surface area contributed by atoms with Crippen LogP contribution in [0.15, 0.2) is 53.0 Å². The van der Waals surface area contributed by atoms with Gasteiger partial charge in [0.1, 0.15) is 4.99 Å². The van der Waals surface area contributed by atoms with Gasteiger partial charge in [-0.1, -0.05) is 58.5 Å². The Labute approximate surface area is 167 Å². The standard InChI is InChI=1S/C21H21BrN2OS/c1-21(23-19(25)15-6-4-7-16(22)13-15)11-12-24(20(21)26)18-10-9-14-5-2-3-8-17(14)18/h2-8,13,18H,9-12H2,1H3,(H,23,25)/t18-,21-/m1/s1. The van der Waals surface area contributed by atoms with Gasteiger partial charge in [-0.25, -0.2) is 0 Å². The van der Waals surface area contributed by atoms with Crippen molar-refractivity contribution in [2.45, 2.75) is 37.8 Å². The summed E-state index contributed by atoms with van der Waals surface area (Å²) in [7, 11) is 0. The van der Waals surface area contributed by atoms with Crippen molar-refractivity contribution in [2.24, 2.45) is 0 Å². The van der Waals surface area contributed by atoms with Gasteiger partial charge in [0.25, 0.3) is 5.91 Å². The Bertz CT molecular complexity index is 884. The highest BCUT2D eigenvalue weighted by molar-refractivity contribution is 9.10. The molecular weight excluding hydrogens is 408 g/mol. The van der Waals surface area contributed by atoms with Gasteiger partial charge in [-0.2, -0.15) is 0 Å². The fraction of sp³-hybridized carbons (Fsp3) is 0.333. The number of likely N-dealkylation sites (tertiary alicyclic amines) is 1. The Hall–Kier alpha value is -1.72. The quantitative estimate of drug-likeness (QED) is 0.721. The van der Waals surface area contributed by atoms with Crippen molar-refractivity contribution in [2.75, 3.05) is 6.54 Å². The molecule has 0 aromatic heterocycles. The van der Waals surface area contributed by atoms with Crippen LogP contribution in [0.1, 0.15) is 47.3 Å². The molecule has 2 aliphatic rings. The van der Waals surface area contributed by atoms with Crippen LogP contribution in [0.3, 0.4) is 0 Å². The van der Waals surface area contributed by atoms with Gasteiger partial charge in [0.2, 0.25) is 0 Å². The van der Waals surface area contributed by atoms with Gasteiger partial charge < -0.3 is 10.2 Å². The first-order chi connectivity index (χ1) is 12.5. The Morgan fingerprint density at radius 1 is 1.27 bits per heavy atom. The fourth-order valence-corrected chi connectivity index (χ4v) is 4.86. The molecule has 0 spiro atoms. The van der Waals surface area contributed by atoms with Crippen LogP contribution in [0.2, 0.25) is 0 Å². The smallest absolute Gasteiger partial charge is 0.252 e. The van der Waals surface area contributed by atoms with E-state index in [0.29, 0.717) is 11.6 Å². The molecule has 1 fully saturated rings. The van der Waals surface area contributed by atoms with Crippen LogP contribution in [-0.2, 0) is 6.42 Å². The predicted molar refractivity (Wildman–Crippen MR) is 111 cm³/mol. The minimum Gasteiger partial charge on any atom is -0.357 e. The molecule has 26 heavy (non-hydrogen) atoms. The second kappa shape index (κ2) is 6.78. The van der Waals surface area contributed by atoms with E-state index in [0.717, 1.165) is 35.3 Å². The van der Waals surface area contributed by atoms with Gasteiger partial charge in [0.05, 0.1) is 11.6 Å². The number of halogens is 1. The van der Waals surface area contributed by atoms with E-state index in [1.165, 1.54) is 11.1 Å². The molecule has 1 aliphatic carbocycles. The van der Waals surface area contributed by atoms with E-state index in [-0.39, 0.29) is 5.91 Å². The zero-order chi connectivity index (χ0) is 18.3. The maximum absolute atomic E-state index is 12.7. The van der Waals surface area contributed by atoms with E-state index in [1.54, 1.807) is 0 Å². The second-order valence-electron chi connectivity index (χ2n) is 7.30. The number of aryl methyl sites for hydroxylation is 1. The van der Waals surface area contributed by atoms with Crippen molar-refractivity contribution < 1.29 is 4.79 Å². The Balaban J connectivity index is 1.52. The number of carbonyl (C=O) groups is 1. The van der Waals surface area contributed by atoms with E-state index in [4.69, 9.17) is 12.2 Å². The van der Waals surface area contributed by atoms with Crippen LogP contribution < -0.4 is 5.32 Å². The van der Waals surface area contributed by atoms with Gasteiger partial charge in [0, 0.05) is 16.6 Å². The normalized spacial score (nSPS) is 24.6. The molecule has 1 N–H and O–H groups in total. The SMILES string of the molecule is C[C@@]1(NC(=O)c2cccc(Br)c2)CCN([C@@H]2CCc3ccccc32)C1=S. The van der Waals surface area contributed by atoms with Crippen molar-refractivity contribution in [3.05, 3.63) is 69.7 Å². The van der Waals surface area contributed by atoms with Crippen molar-refractivity contribution in [3.8, 4) is 0 Å². The summed E-state index contributed by atoms with van der Waals surface area (Å²) < 4.78 is 0.897. The average molecular weight is 429 g/mol. The lowest BCUT2D eigenvalue weighted by molar-refractivity contribution is 0.0928. The molecule has 134 valence electrons. The highest BCUT2D eigenvalue weighted by Crippen LogP contribution is 2.40. The molecule has 0 saturated carbocycles. The highest BCUT2D eigenvalue weighted by atomic mass is 79.9. The number of fused-ring (bicyclic) bond motifs is 1. The summed E-state index contributed by atoms with van der Waals surface area (Å²) in [5.74, 6) is -0.0789. The maximum atomic E-state index is 12.7. The molecule has 2 atom stereocenters. The van der Waals surface area contributed by atoms with Crippen molar-refractivity contribution in [1.82, 2.24) is 10.2 Å². The molecule has 1 heterocycles. The summed E-state index contributed by atoms with van der Waals surface area (Å²) in [6, 6.07) is 16.4. The van der Waals surface area contributed by atoms with Crippen LogP contribution in [0.5, 0.6) is 0 Å². The van der Waals surface area contributed by atoms with Crippen LogP contribution in [0.25, 0.3) is 0 Å². The van der Waals surface area contributed by atoms with Crippen molar-refractivity contribution >= 4 is 39.0 Å². The number of benzene rings is 2. The van der Waals surface area contributed by atoms with E-state index in [1.807, 2.05) is 31.2 Å². The summed E-state index contributed by atoms with van der Waals surface area (Å²) in [4.78, 5) is 15.9. The lowest BCUT2D eigenvalue weighted by Gasteiger charge is -2.31. The molecule has 3 nitrogen and oxygen atoms in total. The molecule has 2 aromatic rings. The number of hydrogen-bond acceptors (Lipinski definition) is 2. The summed E-state index contributed by atoms with van der Waals surface area (Å²) in [5.41, 5.74) is 2.98. The minimum absolute atomic E-state index is 0.0789. The van der Waals surface area contributed by atoms with Gasteiger partial charge in [-0.3, -0.25) is 4.79 Å². The molecular formula is C21H21BrN2OS. The fourth-order valence-electron chi connectivity index (χ4n) is 4.09. The minimum atomic E-state index is -0.480. The van der Waals surface area contributed by atoms with Crippen LogP contribution in [0.4, 0.5) is 0 Å². The number of amides is 1. The Morgan fingerprint density at radius 3 is 2.88 bits per heavy atom. The molecule has 0 radical (unpaired) electrons. The number of thiocarbonyl (C=S) groups is 1. The third-order valence-electron chi connectivity index (χ3n) is 5.54. The van der Waals surface area contributed by atoms with Crippen LogP contribution in [0, 0.1) is 0 Å². The predicted octanol–water partition coefficient (Wildman–Crippen LogP) is 4.66. The number of rotatable bonds is 3. The van der Waals surface area contributed by atoms with Crippen molar-refractivity contribution in [3.63, 3.8) is 0 Å². The van der Waals surface area contributed by atoms with Crippen molar-refractivity contribution in [1.29, 1.82) is 0 Å². The summed E-state index contributed by atoms with van der Waals surface area (Å²) in [6.45, 7) is 2.93. The topological polar surface area (TPSA) is 32.3 Å². The molecule has 0 bridgehead atoms. The first-order valence-corrected chi connectivity index (χ1v) is 10.1. The largest absolute Gasteiger partial charge is 0.357 e.